The Kier molecular flexibility index (Phi) is 6.84. The molecule has 1 amide bonds. The van der Waals surface area contributed by atoms with Crippen molar-refractivity contribution < 1.29 is 9.53 Å². The van der Waals surface area contributed by atoms with Crippen LogP contribution in [0.5, 0.6) is 6.01 Å². The van der Waals surface area contributed by atoms with E-state index in [1.807, 2.05) is 17.0 Å². The fourth-order valence-corrected chi connectivity index (χ4v) is 6.16. The van der Waals surface area contributed by atoms with E-state index in [2.05, 4.69) is 52.6 Å². The van der Waals surface area contributed by atoms with Crippen molar-refractivity contribution in [1.29, 1.82) is 0 Å². The first-order valence-electron chi connectivity index (χ1n) is 13.3. The minimum Gasteiger partial charge on any atom is -0.462 e. The van der Waals surface area contributed by atoms with Gasteiger partial charge < -0.3 is 24.3 Å². The third-order valence-corrected chi connectivity index (χ3v) is 8.37. The van der Waals surface area contributed by atoms with Crippen molar-refractivity contribution in [1.82, 2.24) is 19.8 Å². The Labute approximate surface area is 228 Å². The first-order chi connectivity index (χ1) is 18.5. The number of fused-ring (bicyclic) bond motifs is 2. The number of ether oxygens (including phenoxy) is 1. The molecular formula is C29H33ClN6O2. The fraction of sp³-hybridized carbons (Fsp3) is 0.414. The van der Waals surface area contributed by atoms with Gasteiger partial charge >= 0.3 is 6.01 Å². The number of nitrogens with zero attached hydrogens (tertiary/aromatic N) is 6. The highest BCUT2D eigenvalue weighted by Gasteiger charge is 2.31. The lowest BCUT2D eigenvalue weighted by atomic mass is 10.1. The number of amides is 1. The zero-order valence-electron chi connectivity index (χ0n) is 21.8. The summed E-state index contributed by atoms with van der Waals surface area (Å²) in [6, 6.07) is 13.1. The lowest BCUT2D eigenvalue weighted by molar-refractivity contribution is -0.126. The van der Waals surface area contributed by atoms with Crippen molar-refractivity contribution in [2.75, 3.05) is 56.2 Å². The quantitative estimate of drug-likeness (QED) is 0.443. The third kappa shape index (κ3) is 4.67. The van der Waals surface area contributed by atoms with Crippen molar-refractivity contribution in [3.63, 3.8) is 0 Å². The molecule has 2 aromatic carbocycles. The Morgan fingerprint density at radius 2 is 1.87 bits per heavy atom. The van der Waals surface area contributed by atoms with Gasteiger partial charge in [0.05, 0.1) is 17.3 Å². The summed E-state index contributed by atoms with van der Waals surface area (Å²) < 4.78 is 6.22. The topological polar surface area (TPSA) is 65.0 Å². The molecular weight excluding hydrogens is 500 g/mol. The lowest BCUT2D eigenvalue weighted by Crippen LogP contribution is -2.48. The van der Waals surface area contributed by atoms with Gasteiger partial charge in [0.2, 0.25) is 5.91 Å². The monoisotopic (exact) mass is 532 g/mol. The molecule has 198 valence electrons. The molecule has 0 unspecified atom stereocenters. The van der Waals surface area contributed by atoms with Crippen LogP contribution in [0.15, 0.2) is 49.1 Å². The molecule has 3 aliphatic heterocycles. The van der Waals surface area contributed by atoms with Gasteiger partial charge in [0.25, 0.3) is 0 Å². The lowest BCUT2D eigenvalue weighted by Gasteiger charge is -2.35. The average molecular weight is 533 g/mol. The number of carbonyl (C=O) groups excluding carboxylic acids is 1. The number of aromatic nitrogens is 2. The van der Waals surface area contributed by atoms with Crippen LogP contribution < -0.4 is 14.5 Å². The van der Waals surface area contributed by atoms with E-state index in [0.29, 0.717) is 57.9 Å². The largest absolute Gasteiger partial charge is 0.462 e. The zero-order valence-corrected chi connectivity index (χ0v) is 22.5. The Morgan fingerprint density at radius 1 is 1.08 bits per heavy atom. The molecule has 3 aliphatic rings. The van der Waals surface area contributed by atoms with Crippen LogP contribution in [0.25, 0.3) is 10.8 Å². The molecule has 0 radical (unpaired) electrons. The second-order valence-electron chi connectivity index (χ2n) is 10.3. The number of likely N-dealkylation sites (tertiary alicyclic amines) is 1. The summed E-state index contributed by atoms with van der Waals surface area (Å²) in [5.41, 5.74) is 3.19. The molecule has 0 aliphatic carbocycles. The van der Waals surface area contributed by atoms with E-state index >= 15 is 0 Å². The number of piperazine rings is 1. The minimum atomic E-state index is -0.0266. The minimum absolute atomic E-state index is 0.0266. The van der Waals surface area contributed by atoms with Gasteiger partial charge in [-0.15, -0.1) is 0 Å². The van der Waals surface area contributed by atoms with Crippen molar-refractivity contribution in [2.45, 2.75) is 32.0 Å². The van der Waals surface area contributed by atoms with Crippen molar-refractivity contribution in [3.8, 4) is 6.01 Å². The van der Waals surface area contributed by atoms with Gasteiger partial charge in [-0.2, -0.15) is 9.97 Å². The molecule has 2 saturated heterocycles. The van der Waals surface area contributed by atoms with Crippen LogP contribution in [0.4, 0.5) is 11.5 Å². The summed E-state index contributed by atoms with van der Waals surface area (Å²) >= 11 is 6.67. The number of rotatable bonds is 6. The SMILES string of the molecule is C=CC(=O)N1CCN(c2nc(OC[C@@H]3CCCN3C)nc3c2CN(c2cccc4cccc(Cl)c24)C3)CC1. The van der Waals surface area contributed by atoms with Gasteiger partial charge in [-0.25, -0.2) is 0 Å². The number of hydrogen-bond donors (Lipinski definition) is 0. The molecule has 8 nitrogen and oxygen atoms in total. The van der Waals surface area contributed by atoms with Crippen LogP contribution in [0.3, 0.4) is 0 Å². The second-order valence-corrected chi connectivity index (χ2v) is 10.7. The van der Waals surface area contributed by atoms with E-state index in [4.69, 9.17) is 26.3 Å². The first kappa shape index (κ1) is 24.9. The molecule has 2 fully saturated rings. The van der Waals surface area contributed by atoms with Crippen molar-refractivity contribution >= 4 is 39.8 Å². The Bertz CT molecular complexity index is 1370. The average Bonchev–Trinajstić information content (AvgIpc) is 3.56. The highest BCUT2D eigenvalue weighted by molar-refractivity contribution is 6.36. The molecule has 9 heteroatoms. The van der Waals surface area contributed by atoms with E-state index < -0.39 is 0 Å². The van der Waals surface area contributed by atoms with E-state index in [9.17, 15) is 4.79 Å². The standard InChI is InChI=1S/C29H33ClN6O2/c1-3-26(37)34-13-15-35(16-14-34)28-22-17-36(25-11-5-8-20-7-4-10-23(30)27(20)25)18-24(22)31-29(32-28)38-19-21-9-6-12-33(21)2/h3-5,7-8,10-11,21H,1,6,9,12-19H2,2H3/t21-/m0/s1. The summed E-state index contributed by atoms with van der Waals surface area (Å²) in [6.45, 7) is 9.33. The fourth-order valence-electron chi connectivity index (χ4n) is 5.88. The first-order valence-corrected chi connectivity index (χ1v) is 13.7. The Balaban J connectivity index is 1.31. The van der Waals surface area contributed by atoms with Gasteiger partial charge in [-0.05, 0) is 50.0 Å². The van der Waals surface area contributed by atoms with Crippen LogP contribution >= 0.6 is 11.6 Å². The predicted molar refractivity (Wildman–Crippen MR) is 151 cm³/mol. The summed E-state index contributed by atoms with van der Waals surface area (Å²) in [5.74, 6) is 0.880. The van der Waals surface area contributed by atoms with Crippen LogP contribution in [0.1, 0.15) is 24.1 Å². The van der Waals surface area contributed by atoms with Gasteiger partial charge in [0.15, 0.2) is 0 Å². The van der Waals surface area contributed by atoms with Crippen molar-refractivity contribution in [3.05, 3.63) is 65.3 Å². The van der Waals surface area contributed by atoms with Crippen LogP contribution in [0, 0.1) is 0 Å². The molecule has 1 aromatic heterocycles. The highest BCUT2D eigenvalue weighted by atomic mass is 35.5. The number of hydrogen-bond acceptors (Lipinski definition) is 7. The summed E-state index contributed by atoms with van der Waals surface area (Å²) in [6.07, 6.45) is 3.71. The molecule has 38 heavy (non-hydrogen) atoms. The molecule has 0 spiro atoms. The number of anilines is 2. The molecule has 3 aromatic rings. The summed E-state index contributed by atoms with van der Waals surface area (Å²) in [7, 11) is 2.15. The van der Waals surface area contributed by atoms with Gasteiger partial charge in [-0.1, -0.05) is 42.4 Å². The van der Waals surface area contributed by atoms with Gasteiger partial charge in [-0.3, -0.25) is 4.79 Å². The van der Waals surface area contributed by atoms with E-state index in [0.717, 1.165) is 51.5 Å². The van der Waals surface area contributed by atoms with Gasteiger partial charge in [0.1, 0.15) is 12.4 Å². The smallest absolute Gasteiger partial charge is 0.318 e. The number of halogens is 1. The van der Waals surface area contributed by atoms with Crippen LogP contribution in [0.2, 0.25) is 5.02 Å². The molecule has 0 saturated carbocycles. The third-order valence-electron chi connectivity index (χ3n) is 8.05. The van der Waals surface area contributed by atoms with Crippen molar-refractivity contribution in [2.24, 2.45) is 0 Å². The maximum absolute atomic E-state index is 12.1. The Morgan fingerprint density at radius 3 is 2.61 bits per heavy atom. The van der Waals surface area contributed by atoms with E-state index in [1.54, 1.807) is 0 Å². The summed E-state index contributed by atoms with van der Waals surface area (Å²) in [5, 5.41) is 2.91. The van der Waals surface area contributed by atoms with Crippen LogP contribution in [-0.2, 0) is 17.9 Å². The molecule has 1 atom stereocenters. The molecule has 4 heterocycles. The highest BCUT2D eigenvalue weighted by Crippen LogP contribution is 2.39. The summed E-state index contributed by atoms with van der Waals surface area (Å²) in [4.78, 5) is 30.8. The maximum Gasteiger partial charge on any atom is 0.318 e. The van der Waals surface area contributed by atoms with Crippen LogP contribution in [-0.4, -0.2) is 78.1 Å². The van der Waals surface area contributed by atoms with Gasteiger partial charge in [0, 0.05) is 55.4 Å². The van der Waals surface area contributed by atoms with E-state index in [-0.39, 0.29) is 5.91 Å². The zero-order chi connectivity index (χ0) is 26.2. The second kappa shape index (κ2) is 10.4. The maximum atomic E-state index is 12.1. The normalized spacial score (nSPS) is 19.7. The molecule has 6 rings (SSSR count). The number of benzene rings is 2. The molecule has 0 bridgehead atoms. The Hall–Kier alpha value is -3.36. The molecule has 0 N–H and O–H groups in total. The van der Waals surface area contributed by atoms with E-state index in [1.165, 1.54) is 12.5 Å². The number of likely N-dealkylation sites (N-methyl/N-ethyl adjacent to an activating group) is 1. The predicted octanol–water partition coefficient (Wildman–Crippen LogP) is 4.11. The number of carbonyl (C=O) groups is 1.